The zero-order chi connectivity index (χ0) is 22.0. The Morgan fingerprint density at radius 3 is 2.71 bits per heavy atom. The summed E-state index contributed by atoms with van der Waals surface area (Å²) in [6, 6.07) is 12.5. The molecule has 0 spiro atoms. The molecule has 0 unspecified atom stereocenters. The number of fused-ring (bicyclic) bond motifs is 1. The molecule has 0 atom stereocenters. The SMILES string of the molecule is Cc1cc(C)c2nc(-n3nc(C)cc3NC(=O)CCCSc3ccc(F)cc3)sc2c1. The Bertz CT molecular complexity index is 1230. The fourth-order valence-corrected chi connectivity index (χ4v) is 5.30. The average Bonchev–Trinajstić information content (AvgIpc) is 3.30. The lowest BCUT2D eigenvalue weighted by Gasteiger charge is -2.06. The Hall–Kier alpha value is -2.71. The van der Waals surface area contributed by atoms with Gasteiger partial charge in [0.15, 0.2) is 0 Å². The first-order chi connectivity index (χ1) is 14.9. The Balaban J connectivity index is 1.41. The lowest BCUT2D eigenvalue weighted by atomic mass is 10.1. The Morgan fingerprint density at radius 1 is 1.16 bits per heavy atom. The number of carbonyl (C=O) groups excluding carboxylic acids is 1. The van der Waals surface area contributed by atoms with Crippen LogP contribution in [-0.4, -0.2) is 26.4 Å². The van der Waals surface area contributed by atoms with Crippen molar-refractivity contribution in [2.45, 2.75) is 38.5 Å². The zero-order valence-electron chi connectivity index (χ0n) is 17.6. The summed E-state index contributed by atoms with van der Waals surface area (Å²) in [4.78, 5) is 18.3. The second kappa shape index (κ2) is 9.20. The minimum atomic E-state index is -0.242. The van der Waals surface area contributed by atoms with E-state index in [1.165, 1.54) is 17.7 Å². The third-order valence-corrected chi connectivity index (χ3v) is 6.81. The monoisotopic (exact) mass is 454 g/mol. The topological polar surface area (TPSA) is 59.8 Å². The summed E-state index contributed by atoms with van der Waals surface area (Å²) in [5.41, 5.74) is 4.11. The van der Waals surface area contributed by atoms with Crippen molar-refractivity contribution in [3.63, 3.8) is 0 Å². The summed E-state index contributed by atoms with van der Waals surface area (Å²) in [6.45, 7) is 6.03. The summed E-state index contributed by atoms with van der Waals surface area (Å²) in [5, 5.41) is 8.25. The van der Waals surface area contributed by atoms with E-state index in [0.717, 1.165) is 43.7 Å². The van der Waals surface area contributed by atoms with E-state index in [0.29, 0.717) is 12.2 Å². The number of rotatable bonds is 7. The molecule has 0 radical (unpaired) electrons. The van der Waals surface area contributed by atoms with E-state index >= 15 is 0 Å². The summed E-state index contributed by atoms with van der Waals surface area (Å²) < 4.78 is 15.8. The maximum atomic E-state index is 13.0. The molecule has 4 rings (SSSR count). The number of nitrogens with one attached hydrogen (secondary N) is 1. The Kier molecular flexibility index (Phi) is 6.38. The molecule has 31 heavy (non-hydrogen) atoms. The molecule has 1 amide bonds. The van der Waals surface area contributed by atoms with E-state index in [9.17, 15) is 9.18 Å². The quantitative estimate of drug-likeness (QED) is 0.272. The molecule has 8 heteroatoms. The van der Waals surface area contributed by atoms with E-state index in [1.54, 1.807) is 39.9 Å². The maximum absolute atomic E-state index is 13.0. The predicted molar refractivity (Wildman–Crippen MR) is 126 cm³/mol. The van der Waals surface area contributed by atoms with Crippen LogP contribution in [0.4, 0.5) is 10.2 Å². The fourth-order valence-electron chi connectivity index (χ4n) is 3.34. The first-order valence-electron chi connectivity index (χ1n) is 10.0. The van der Waals surface area contributed by atoms with Crippen LogP contribution >= 0.6 is 23.1 Å². The number of aryl methyl sites for hydroxylation is 3. The summed E-state index contributed by atoms with van der Waals surface area (Å²) in [7, 11) is 0. The van der Waals surface area contributed by atoms with Gasteiger partial charge in [0, 0.05) is 17.4 Å². The molecule has 160 valence electrons. The number of aromatic nitrogens is 3. The van der Waals surface area contributed by atoms with E-state index in [1.807, 2.05) is 13.0 Å². The smallest absolute Gasteiger partial charge is 0.225 e. The zero-order valence-corrected chi connectivity index (χ0v) is 19.2. The summed E-state index contributed by atoms with van der Waals surface area (Å²) in [5.74, 6) is 1.11. The molecule has 0 fully saturated rings. The highest BCUT2D eigenvalue weighted by atomic mass is 32.2. The van der Waals surface area contributed by atoms with Crippen molar-refractivity contribution in [1.82, 2.24) is 14.8 Å². The molecule has 1 N–H and O–H groups in total. The molecule has 0 saturated carbocycles. The van der Waals surface area contributed by atoms with E-state index in [-0.39, 0.29) is 11.7 Å². The molecule has 2 heterocycles. The van der Waals surface area contributed by atoms with Crippen LogP contribution in [0.1, 0.15) is 29.7 Å². The molecule has 5 nitrogen and oxygen atoms in total. The minimum Gasteiger partial charge on any atom is -0.311 e. The number of nitrogens with zero attached hydrogens (tertiary/aromatic N) is 3. The largest absolute Gasteiger partial charge is 0.311 e. The van der Waals surface area contributed by atoms with E-state index in [4.69, 9.17) is 4.98 Å². The van der Waals surface area contributed by atoms with Gasteiger partial charge < -0.3 is 5.32 Å². The normalized spacial score (nSPS) is 11.2. The van der Waals surface area contributed by atoms with Crippen LogP contribution < -0.4 is 5.32 Å². The lowest BCUT2D eigenvalue weighted by molar-refractivity contribution is -0.116. The van der Waals surface area contributed by atoms with Crippen LogP contribution in [-0.2, 0) is 4.79 Å². The molecule has 0 aliphatic carbocycles. The van der Waals surface area contributed by atoms with Gasteiger partial charge in [-0.15, -0.1) is 11.8 Å². The summed E-state index contributed by atoms with van der Waals surface area (Å²) >= 11 is 3.18. The number of halogens is 1. The van der Waals surface area contributed by atoms with Gasteiger partial charge >= 0.3 is 0 Å². The van der Waals surface area contributed by atoms with Gasteiger partial charge in [-0.1, -0.05) is 17.4 Å². The number of hydrogen-bond acceptors (Lipinski definition) is 5. The van der Waals surface area contributed by atoms with Crippen LogP contribution in [0.15, 0.2) is 47.4 Å². The van der Waals surface area contributed by atoms with Gasteiger partial charge in [0.05, 0.1) is 15.9 Å². The van der Waals surface area contributed by atoms with Crippen molar-refractivity contribution in [2.75, 3.05) is 11.1 Å². The van der Waals surface area contributed by atoms with Gasteiger partial charge in [0.2, 0.25) is 11.0 Å². The Labute approximate surface area is 188 Å². The Morgan fingerprint density at radius 2 is 1.94 bits per heavy atom. The van der Waals surface area contributed by atoms with Gasteiger partial charge in [-0.05, 0) is 74.4 Å². The molecule has 2 aromatic heterocycles. The molecule has 0 aliphatic rings. The highest BCUT2D eigenvalue weighted by Gasteiger charge is 2.15. The van der Waals surface area contributed by atoms with Crippen LogP contribution in [0.3, 0.4) is 0 Å². The number of amides is 1. The van der Waals surface area contributed by atoms with Crippen molar-refractivity contribution in [2.24, 2.45) is 0 Å². The second-order valence-electron chi connectivity index (χ2n) is 7.46. The minimum absolute atomic E-state index is 0.0611. The molecule has 0 aliphatic heterocycles. The standard InChI is InChI=1S/C23H23FN4OS2/c1-14-11-15(2)22-19(12-14)31-23(26-22)28-20(13-16(3)27-28)25-21(29)5-4-10-30-18-8-6-17(24)7-9-18/h6-9,11-13H,4-5,10H2,1-3H3,(H,25,29). The number of anilines is 1. The van der Waals surface area contributed by atoms with Crippen LogP contribution in [0.5, 0.6) is 0 Å². The maximum Gasteiger partial charge on any atom is 0.225 e. The molecule has 4 aromatic rings. The third kappa shape index (κ3) is 5.14. The molecular formula is C23H23FN4OS2. The van der Waals surface area contributed by atoms with Gasteiger partial charge in [-0.25, -0.2) is 9.37 Å². The highest BCUT2D eigenvalue weighted by Crippen LogP contribution is 2.30. The van der Waals surface area contributed by atoms with Gasteiger partial charge in [-0.3, -0.25) is 4.79 Å². The van der Waals surface area contributed by atoms with Gasteiger partial charge in [0.1, 0.15) is 11.6 Å². The second-order valence-corrected chi connectivity index (χ2v) is 9.64. The average molecular weight is 455 g/mol. The molecule has 0 saturated heterocycles. The highest BCUT2D eigenvalue weighted by molar-refractivity contribution is 7.99. The third-order valence-electron chi connectivity index (χ3n) is 4.73. The van der Waals surface area contributed by atoms with Crippen LogP contribution in [0.25, 0.3) is 15.3 Å². The number of benzene rings is 2. The number of hydrogen-bond donors (Lipinski definition) is 1. The first kappa shape index (κ1) is 21.5. The van der Waals surface area contributed by atoms with E-state index < -0.39 is 0 Å². The fraction of sp³-hybridized carbons (Fsp3) is 0.261. The first-order valence-corrected chi connectivity index (χ1v) is 11.8. The molecule has 2 aromatic carbocycles. The van der Waals surface area contributed by atoms with Crippen LogP contribution in [0, 0.1) is 26.6 Å². The molecular weight excluding hydrogens is 431 g/mol. The van der Waals surface area contributed by atoms with E-state index in [2.05, 4.69) is 36.4 Å². The van der Waals surface area contributed by atoms with Crippen molar-refractivity contribution in [1.29, 1.82) is 0 Å². The van der Waals surface area contributed by atoms with Crippen LogP contribution in [0.2, 0.25) is 0 Å². The van der Waals surface area contributed by atoms with Crippen molar-refractivity contribution in [3.05, 3.63) is 65.1 Å². The van der Waals surface area contributed by atoms with Crippen molar-refractivity contribution < 1.29 is 9.18 Å². The van der Waals surface area contributed by atoms with Crippen molar-refractivity contribution >= 4 is 45.0 Å². The van der Waals surface area contributed by atoms with Gasteiger partial charge in [0.25, 0.3) is 0 Å². The van der Waals surface area contributed by atoms with Gasteiger partial charge in [-0.2, -0.15) is 9.78 Å². The summed E-state index contributed by atoms with van der Waals surface area (Å²) in [6.07, 6.45) is 1.12. The lowest BCUT2D eigenvalue weighted by Crippen LogP contribution is -2.14. The predicted octanol–water partition coefficient (Wildman–Crippen LogP) is 6.06. The number of thioether (sulfide) groups is 1. The molecule has 0 bridgehead atoms. The number of thiazole rings is 1. The number of carbonyl (C=O) groups is 1. The van der Waals surface area contributed by atoms with Crippen molar-refractivity contribution in [3.8, 4) is 5.13 Å².